The predicted molar refractivity (Wildman–Crippen MR) is 119 cm³/mol. The van der Waals surface area contributed by atoms with Crippen molar-refractivity contribution < 1.29 is 17.9 Å². The van der Waals surface area contributed by atoms with E-state index in [0.717, 1.165) is 31.2 Å². The molecule has 0 amide bonds. The molecule has 0 saturated heterocycles. The Bertz CT molecular complexity index is 940. The van der Waals surface area contributed by atoms with Crippen LogP contribution in [-0.2, 0) is 14.6 Å². The lowest BCUT2D eigenvalue weighted by Gasteiger charge is -2.29. The Morgan fingerprint density at radius 1 is 1.00 bits per heavy atom. The third-order valence-electron chi connectivity index (χ3n) is 5.67. The molecule has 0 bridgehead atoms. The largest absolute Gasteiger partial charge is 0.458 e. The molecular weight excluding hydrogens is 396 g/mol. The number of carbonyl (C=O) groups excluding carboxylic acids is 1. The van der Waals surface area contributed by atoms with Gasteiger partial charge in [0, 0.05) is 6.42 Å². The van der Waals surface area contributed by atoms with Crippen LogP contribution in [0.15, 0.2) is 71.6 Å². The molecule has 0 aliphatic heterocycles. The molecule has 1 unspecified atom stereocenters. The molecule has 0 N–H and O–H groups in total. The van der Waals surface area contributed by atoms with Crippen LogP contribution < -0.4 is 0 Å². The Morgan fingerprint density at radius 2 is 1.67 bits per heavy atom. The minimum absolute atomic E-state index is 0.0555. The molecule has 0 spiro atoms. The van der Waals surface area contributed by atoms with Crippen molar-refractivity contribution in [2.45, 2.75) is 56.4 Å². The first-order chi connectivity index (χ1) is 14.5. The van der Waals surface area contributed by atoms with E-state index >= 15 is 0 Å². The van der Waals surface area contributed by atoms with Gasteiger partial charge in [0.1, 0.15) is 6.10 Å². The van der Waals surface area contributed by atoms with E-state index in [1.54, 1.807) is 42.5 Å². The van der Waals surface area contributed by atoms with E-state index in [9.17, 15) is 13.2 Å². The van der Waals surface area contributed by atoms with Gasteiger partial charge in [-0.25, -0.2) is 13.2 Å². The fraction of sp³-hybridized carbons (Fsp3) is 0.400. The minimum Gasteiger partial charge on any atom is -0.458 e. The van der Waals surface area contributed by atoms with E-state index in [1.165, 1.54) is 6.42 Å². The van der Waals surface area contributed by atoms with Gasteiger partial charge >= 0.3 is 5.97 Å². The van der Waals surface area contributed by atoms with Gasteiger partial charge in [0.05, 0.1) is 16.2 Å². The van der Waals surface area contributed by atoms with Gasteiger partial charge in [-0.3, -0.25) is 0 Å². The SMILES string of the molecule is Cc1ccc(S(=O)(=O)C/C=C/CC(OC(=O)c2ccccc2)C2CCCCC2)cc1. The van der Waals surface area contributed by atoms with Crippen LogP contribution in [-0.4, -0.2) is 26.2 Å². The highest BCUT2D eigenvalue weighted by Crippen LogP contribution is 2.30. The van der Waals surface area contributed by atoms with Gasteiger partial charge in [0.25, 0.3) is 0 Å². The summed E-state index contributed by atoms with van der Waals surface area (Å²) in [5.41, 5.74) is 1.57. The average molecular weight is 427 g/mol. The maximum absolute atomic E-state index is 12.6. The zero-order chi connectivity index (χ0) is 21.4. The quantitative estimate of drug-likeness (QED) is 0.412. The Morgan fingerprint density at radius 3 is 2.33 bits per heavy atom. The molecule has 1 atom stereocenters. The van der Waals surface area contributed by atoms with Crippen LogP contribution in [0.25, 0.3) is 0 Å². The first kappa shape index (κ1) is 22.3. The predicted octanol–water partition coefficient (Wildman–Crippen LogP) is 5.52. The molecule has 1 saturated carbocycles. The van der Waals surface area contributed by atoms with E-state index in [-0.39, 0.29) is 17.8 Å². The zero-order valence-electron chi connectivity index (χ0n) is 17.5. The fourth-order valence-electron chi connectivity index (χ4n) is 3.89. The van der Waals surface area contributed by atoms with Crippen LogP contribution in [0.5, 0.6) is 0 Å². The Kier molecular flexibility index (Phi) is 7.86. The molecule has 1 aliphatic rings. The van der Waals surface area contributed by atoms with Crippen LogP contribution in [0, 0.1) is 12.8 Å². The zero-order valence-corrected chi connectivity index (χ0v) is 18.3. The molecule has 0 radical (unpaired) electrons. The first-order valence-electron chi connectivity index (χ1n) is 10.7. The summed E-state index contributed by atoms with van der Waals surface area (Å²) in [6.07, 6.45) is 9.45. The van der Waals surface area contributed by atoms with Gasteiger partial charge in [-0.2, -0.15) is 0 Å². The van der Waals surface area contributed by atoms with Crippen molar-refractivity contribution in [2.24, 2.45) is 5.92 Å². The third-order valence-corrected chi connectivity index (χ3v) is 7.30. The standard InChI is InChI=1S/C25H30O4S/c1-20-15-17-23(18-16-20)30(27,28)19-9-8-14-24(21-10-4-2-5-11-21)29-25(26)22-12-6-3-7-13-22/h3,6-9,12-13,15-18,21,24H,2,4-5,10-11,14,19H2,1H3/b9-8+. The molecule has 2 aromatic rings. The Hall–Kier alpha value is -2.40. The summed E-state index contributed by atoms with van der Waals surface area (Å²) >= 11 is 0. The number of aryl methyl sites for hydroxylation is 1. The van der Waals surface area contributed by atoms with E-state index < -0.39 is 9.84 Å². The van der Waals surface area contributed by atoms with Crippen molar-refractivity contribution in [1.82, 2.24) is 0 Å². The normalized spacial score (nSPS) is 16.4. The number of rotatable bonds is 8. The molecule has 2 aromatic carbocycles. The highest BCUT2D eigenvalue weighted by Gasteiger charge is 2.26. The van der Waals surface area contributed by atoms with E-state index in [2.05, 4.69) is 0 Å². The molecular formula is C25H30O4S. The topological polar surface area (TPSA) is 60.4 Å². The van der Waals surface area contributed by atoms with Gasteiger partial charge < -0.3 is 4.74 Å². The van der Waals surface area contributed by atoms with E-state index in [0.29, 0.717) is 22.8 Å². The van der Waals surface area contributed by atoms with Crippen LogP contribution >= 0.6 is 0 Å². The summed E-state index contributed by atoms with van der Waals surface area (Å²) in [7, 11) is -3.36. The number of esters is 1. The average Bonchev–Trinajstić information content (AvgIpc) is 2.77. The van der Waals surface area contributed by atoms with Crippen molar-refractivity contribution in [3.63, 3.8) is 0 Å². The molecule has 0 aromatic heterocycles. The molecule has 1 aliphatic carbocycles. The maximum Gasteiger partial charge on any atom is 0.338 e. The van der Waals surface area contributed by atoms with Gasteiger partial charge in [0.2, 0.25) is 0 Å². The number of ether oxygens (including phenoxy) is 1. The van der Waals surface area contributed by atoms with Crippen LogP contribution in [0.2, 0.25) is 0 Å². The molecule has 5 heteroatoms. The Balaban J connectivity index is 1.63. The van der Waals surface area contributed by atoms with Crippen molar-refractivity contribution in [3.05, 3.63) is 77.9 Å². The summed E-state index contributed by atoms with van der Waals surface area (Å²) in [6.45, 7) is 1.93. The summed E-state index contributed by atoms with van der Waals surface area (Å²) < 4.78 is 30.9. The first-order valence-corrected chi connectivity index (χ1v) is 12.3. The van der Waals surface area contributed by atoms with Crippen molar-refractivity contribution in [1.29, 1.82) is 0 Å². The van der Waals surface area contributed by atoms with Gasteiger partial charge in [0.15, 0.2) is 9.84 Å². The highest BCUT2D eigenvalue weighted by atomic mass is 32.2. The molecule has 3 rings (SSSR count). The monoisotopic (exact) mass is 426 g/mol. The summed E-state index contributed by atoms with van der Waals surface area (Å²) in [4.78, 5) is 12.9. The summed E-state index contributed by atoms with van der Waals surface area (Å²) in [5, 5.41) is 0. The lowest BCUT2D eigenvalue weighted by atomic mass is 9.84. The van der Waals surface area contributed by atoms with Gasteiger partial charge in [-0.15, -0.1) is 0 Å². The van der Waals surface area contributed by atoms with Crippen molar-refractivity contribution >= 4 is 15.8 Å². The second-order valence-corrected chi connectivity index (χ2v) is 10.0. The summed E-state index contributed by atoms with van der Waals surface area (Å²) in [5.74, 6) is -0.0447. The fourth-order valence-corrected chi connectivity index (χ4v) is 5.02. The number of sulfone groups is 1. The lowest BCUT2D eigenvalue weighted by molar-refractivity contribution is 0.00877. The van der Waals surface area contributed by atoms with Crippen molar-refractivity contribution in [3.8, 4) is 0 Å². The van der Waals surface area contributed by atoms with Crippen LogP contribution in [0.1, 0.15) is 54.4 Å². The number of hydrogen-bond donors (Lipinski definition) is 0. The van der Waals surface area contributed by atoms with Crippen LogP contribution in [0.4, 0.5) is 0 Å². The molecule has 0 heterocycles. The molecule has 1 fully saturated rings. The highest BCUT2D eigenvalue weighted by molar-refractivity contribution is 7.91. The van der Waals surface area contributed by atoms with E-state index in [1.807, 2.05) is 31.2 Å². The summed E-state index contributed by atoms with van der Waals surface area (Å²) in [6, 6.07) is 15.9. The second-order valence-electron chi connectivity index (χ2n) is 8.01. The van der Waals surface area contributed by atoms with Gasteiger partial charge in [-0.05, 0) is 49.9 Å². The van der Waals surface area contributed by atoms with Crippen molar-refractivity contribution in [2.75, 3.05) is 5.75 Å². The number of benzene rings is 2. The lowest BCUT2D eigenvalue weighted by Crippen LogP contribution is -2.28. The van der Waals surface area contributed by atoms with E-state index in [4.69, 9.17) is 4.74 Å². The third kappa shape index (κ3) is 6.30. The molecule has 4 nitrogen and oxygen atoms in total. The smallest absolute Gasteiger partial charge is 0.338 e. The Labute approximate surface area is 179 Å². The van der Waals surface area contributed by atoms with Gasteiger partial charge in [-0.1, -0.05) is 67.3 Å². The molecule has 160 valence electrons. The number of hydrogen-bond acceptors (Lipinski definition) is 4. The molecule has 30 heavy (non-hydrogen) atoms. The van der Waals surface area contributed by atoms with Crippen LogP contribution in [0.3, 0.4) is 0 Å². The number of carbonyl (C=O) groups is 1. The minimum atomic E-state index is -3.36. The second kappa shape index (κ2) is 10.6. The maximum atomic E-state index is 12.6.